The molecule has 2 aromatic heterocycles. The standard InChI is InChI=1S/C18H25N5O2.2ClH/c1-19-9-11-4-3-7-23(10-11)18(25)13-8-14(12-5-6-12)20-16-15(13)17(24)21-22(16)2;;/h8,11-12,19H,3-7,9-10H2,1-2H3,(H,21,24);2*1H. The van der Waals surface area contributed by atoms with Crippen LogP contribution in [0.3, 0.4) is 0 Å². The number of carbonyl (C=O) groups is 1. The third kappa shape index (κ3) is 4.15. The minimum absolute atomic E-state index is 0. The van der Waals surface area contributed by atoms with Crippen molar-refractivity contribution < 1.29 is 4.79 Å². The Bertz CT molecular complexity index is 872. The first kappa shape index (κ1) is 21.7. The second kappa shape index (κ2) is 8.63. The molecule has 7 nitrogen and oxygen atoms in total. The minimum atomic E-state index is -0.237. The SMILES string of the molecule is CNCC1CCCN(C(=O)c2cc(C3CC3)nc3c2c(=O)[nH]n3C)C1.Cl.Cl. The minimum Gasteiger partial charge on any atom is -0.338 e. The number of piperidine rings is 1. The Morgan fingerprint density at radius 2 is 2.07 bits per heavy atom. The number of rotatable bonds is 4. The maximum atomic E-state index is 13.2. The smallest absolute Gasteiger partial charge is 0.274 e. The van der Waals surface area contributed by atoms with Gasteiger partial charge in [-0.25, -0.2) is 4.98 Å². The van der Waals surface area contributed by atoms with Gasteiger partial charge in [0.1, 0.15) is 0 Å². The molecule has 2 N–H and O–H groups in total. The second-order valence-electron chi connectivity index (χ2n) is 7.38. The number of amides is 1. The number of hydrogen-bond acceptors (Lipinski definition) is 4. The molecule has 1 aliphatic carbocycles. The quantitative estimate of drug-likeness (QED) is 0.800. The van der Waals surface area contributed by atoms with E-state index in [9.17, 15) is 9.59 Å². The van der Waals surface area contributed by atoms with Gasteiger partial charge in [0.15, 0.2) is 5.65 Å². The lowest BCUT2D eigenvalue weighted by atomic mass is 9.97. The largest absolute Gasteiger partial charge is 0.338 e. The van der Waals surface area contributed by atoms with Gasteiger partial charge in [-0.3, -0.25) is 19.4 Å². The summed E-state index contributed by atoms with van der Waals surface area (Å²) < 4.78 is 1.63. The van der Waals surface area contributed by atoms with Crippen LogP contribution in [-0.2, 0) is 7.05 Å². The number of halogens is 2. The molecule has 4 rings (SSSR count). The summed E-state index contributed by atoms with van der Waals surface area (Å²) in [6, 6.07) is 1.86. The van der Waals surface area contributed by atoms with Gasteiger partial charge in [-0.2, -0.15) is 0 Å². The molecule has 1 saturated carbocycles. The molecular formula is C18H27Cl2N5O2. The highest BCUT2D eigenvalue weighted by molar-refractivity contribution is 6.05. The lowest BCUT2D eigenvalue weighted by Gasteiger charge is -2.33. The molecule has 9 heteroatoms. The Balaban J connectivity index is 0.00000131. The fourth-order valence-electron chi connectivity index (χ4n) is 3.91. The average Bonchev–Trinajstić information content (AvgIpc) is 3.41. The van der Waals surface area contributed by atoms with Crippen LogP contribution in [0, 0.1) is 5.92 Å². The first-order valence-electron chi connectivity index (χ1n) is 9.12. The fraction of sp³-hybridized carbons (Fsp3) is 0.611. The summed E-state index contributed by atoms with van der Waals surface area (Å²) >= 11 is 0. The summed E-state index contributed by atoms with van der Waals surface area (Å²) in [7, 11) is 3.71. The van der Waals surface area contributed by atoms with Gasteiger partial charge in [0, 0.05) is 31.7 Å². The molecule has 0 spiro atoms. The van der Waals surface area contributed by atoms with Crippen molar-refractivity contribution >= 4 is 41.8 Å². The zero-order chi connectivity index (χ0) is 17.6. The molecule has 150 valence electrons. The Kier molecular flexibility index (Phi) is 6.94. The number of fused-ring (bicyclic) bond motifs is 1. The molecule has 27 heavy (non-hydrogen) atoms. The first-order chi connectivity index (χ1) is 12.1. The Morgan fingerprint density at radius 3 is 2.74 bits per heavy atom. The van der Waals surface area contributed by atoms with E-state index >= 15 is 0 Å². The number of aromatic amines is 1. The number of nitrogens with one attached hydrogen (secondary N) is 2. The van der Waals surface area contributed by atoms with Crippen molar-refractivity contribution in [2.75, 3.05) is 26.7 Å². The van der Waals surface area contributed by atoms with Gasteiger partial charge < -0.3 is 10.2 Å². The van der Waals surface area contributed by atoms with Gasteiger partial charge in [-0.15, -0.1) is 24.8 Å². The van der Waals surface area contributed by atoms with Crippen LogP contribution in [0.15, 0.2) is 10.9 Å². The molecule has 2 aliphatic rings. The van der Waals surface area contributed by atoms with Crippen LogP contribution in [0.25, 0.3) is 11.0 Å². The second-order valence-corrected chi connectivity index (χ2v) is 7.38. The van der Waals surface area contributed by atoms with Crippen LogP contribution in [0.5, 0.6) is 0 Å². The van der Waals surface area contributed by atoms with Crippen molar-refractivity contribution in [3.63, 3.8) is 0 Å². The summed E-state index contributed by atoms with van der Waals surface area (Å²) in [5, 5.41) is 6.38. The van der Waals surface area contributed by atoms with E-state index < -0.39 is 0 Å². The molecule has 2 fully saturated rings. The first-order valence-corrected chi connectivity index (χ1v) is 9.12. The van der Waals surface area contributed by atoms with Crippen LogP contribution in [0.1, 0.15) is 47.7 Å². The summed E-state index contributed by atoms with van der Waals surface area (Å²) in [4.78, 5) is 32.2. The Hall–Kier alpha value is -1.57. The van der Waals surface area contributed by atoms with E-state index in [0.717, 1.165) is 51.0 Å². The summed E-state index contributed by atoms with van der Waals surface area (Å²) in [5.74, 6) is 0.864. The average molecular weight is 416 g/mol. The highest BCUT2D eigenvalue weighted by Crippen LogP contribution is 2.40. The zero-order valence-electron chi connectivity index (χ0n) is 15.7. The molecule has 3 heterocycles. The van der Waals surface area contributed by atoms with Gasteiger partial charge in [0.2, 0.25) is 0 Å². The van der Waals surface area contributed by atoms with Gasteiger partial charge in [0.05, 0.1) is 10.9 Å². The van der Waals surface area contributed by atoms with Gasteiger partial charge in [-0.05, 0) is 51.3 Å². The van der Waals surface area contributed by atoms with Crippen LogP contribution in [0.4, 0.5) is 0 Å². The molecule has 0 aromatic carbocycles. The highest BCUT2D eigenvalue weighted by atomic mass is 35.5. The molecule has 1 amide bonds. The normalized spacial score (nSPS) is 19.5. The number of aryl methyl sites for hydroxylation is 1. The van der Waals surface area contributed by atoms with Crippen LogP contribution in [0.2, 0.25) is 0 Å². The number of aromatic nitrogens is 3. The predicted molar refractivity (Wildman–Crippen MR) is 110 cm³/mol. The van der Waals surface area contributed by atoms with Gasteiger partial charge >= 0.3 is 0 Å². The topological polar surface area (TPSA) is 83.0 Å². The van der Waals surface area contributed by atoms with E-state index in [1.165, 1.54) is 0 Å². The maximum Gasteiger partial charge on any atom is 0.274 e. The fourth-order valence-corrected chi connectivity index (χ4v) is 3.91. The van der Waals surface area contributed by atoms with E-state index in [0.29, 0.717) is 28.4 Å². The van der Waals surface area contributed by atoms with E-state index in [2.05, 4.69) is 15.4 Å². The third-order valence-corrected chi connectivity index (χ3v) is 5.36. The van der Waals surface area contributed by atoms with Crippen molar-refractivity contribution in [2.45, 2.75) is 31.6 Å². The van der Waals surface area contributed by atoms with Crippen molar-refractivity contribution in [3.05, 3.63) is 27.7 Å². The molecule has 0 bridgehead atoms. The zero-order valence-corrected chi connectivity index (χ0v) is 17.3. The van der Waals surface area contributed by atoms with E-state index in [-0.39, 0.29) is 36.3 Å². The van der Waals surface area contributed by atoms with Gasteiger partial charge in [-0.1, -0.05) is 0 Å². The van der Waals surface area contributed by atoms with Crippen LogP contribution >= 0.6 is 24.8 Å². The predicted octanol–water partition coefficient (Wildman–Crippen LogP) is 2.05. The maximum absolute atomic E-state index is 13.2. The van der Waals surface area contributed by atoms with E-state index in [1.54, 1.807) is 11.7 Å². The number of H-pyrrole nitrogens is 1. The molecule has 1 saturated heterocycles. The van der Waals surface area contributed by atoms with Crippen LogP contribution < -0.4 is 10.9 Å². The van der Waals surface area contributed by atoms with Crippen molar-refractivity contribution in [2.24, 2.45) is 13.0 Å². The lowest BCUT2D eigenvalue weighted by Crippen LogP contribution is -2.42. The van der Waals surface area contributed by atoms with Gasteiger partial charge in [0.25, 0.3) is 11.5 Å². The molecule has 0 radical (unpaired) electrons. The lowest BCUT2D eigenvalue weighted by molar-refractivity contribution is 0.0676. The van der Waals surface area contributed by atoms with Crippen molar-refractivity contribution in [3.8, 4) is 0 Å². The number of nitrogens with zero attached hydrogens (tertiary/aromatic N) is 3. The summed E-state index contributed by atoms with van der Waals surface area (Å²) in [5.41, 5.74) is 1.80. The van der Waals surface area contributed by atoms with Crippen LogP contribution in [-0.4, -0.2) is 52.3 Å². The number of carbonyl (C=O) groups excluding carboxylic acids is 1. The van der Waals surface area contributed by atoms with Crippen molar-refractivity contribution in [1.29, 1.82) is 0 Å². The Morgan fingerprint density at radius 1 is 1.33 bits per heavy atom. The van der Waals surface area contributed by atoms with Crippen molar-refractivity contribution in [1.82, 2.24) is 25.0 Å². The molecule has 1 atom stereocenters. The number of hydrogen-bond donors (Lipinski definition) is 2. The van der Waals surface area contributed by atoms with E-state index in [1.807, 2.05) is 18.0 Å². The highest BCUT2D eigenvalue weighted by Gasteiger charge is 2.31. The van der Waals surface area contributed by atoms with E-state index in [4.69, 9.17) is 0 Å². The Labute approximate surface area is 170 Å². The molecule has 2 aromatic rings. The number of pyridine rings is 1. The number of likely N-dealkylation sites (tertiary alicyclic amines) is 1. The molecule has 1 unspecified atom stereocenters. The molecule has 1 aliphatic heterocycles. The summed E-state index contributed by atoms with van der Waals surface area (Å²) in [6.45, 7) is 2.41. The monoisotopic (exact) mass is 415 g/mol. The third-order valence-electron chi connectivity index (χ3n) is 5.36. The summed E-state index contributed by atoms with van der Waals surface area (Å²) in [6.07, 6.45) is 4.36. The molecular weight excluding hydrogens is 389 g/mol.